The van der Waals surface area contributed by atoms with Crippen LogP contribution in [0.25, 0.3) is 11.3 Å². The van der Waals surface area contributed by atoms with Crippen LogP contribution in [0, 0.1) is 6.92 Å². The summed E-state index contributed by atoms with van der Waals surface area (Å²) in [4.78, 5) is 0.648. The molecule has 0 amide bonds. The maximum absolute atomic E-state index is 12.7. The van der Waals surface area contributed by atoms with Crippen LogP contribution in [-0.4, -0.2) is 9.32 Å². The van der Waals surface area contributed by atoms with Gasteiger partial charge in [-0.3, -0.25) is 4.21 Å². The summed E-state index contributed by atoms with van der Waals surface area (Å²) in [6.07, 6.45) is 4.81. The molecule has 2 atom stereocenters. The second-order valence-electron chi connectivity index (χ2n) is 7.02. The Morgan fingerprint density at radius 2 is 2.14 bits per heavy atom. The van der Waals surface area contributed by atoms with E-state index >= 15 is 0 Å². The lowest BCUT2D eigenvalue weighted by atomic mass is 9.71. The van der Waals surface area contributed by atoms with Crippen LogP contribution in [0.2, 0.25) is 0 Å². The summed E-state index contributed by atoms with van der Waals surface area (Å²) in [5.74, 6) is 0.669. The minimum atomic E-state index is -1.46. The van der Waals surface area contributed by atoms with Crippen molar-refractivity contribution in [2.24, 2.45) is 0 Å². The molecule has 3 nitrogen and oxygen atoms in total. The van der Waals surface area contributed by atoms with Gasteiger partial charge in [-0.2, -0.15) is 0 Å². The first-order valence-corrected chi connectivity index (χ1v) is 8.96. The minimum Gasteiger partial charge on any atom is -0.463 e. The van der Waals surface area contributed by atoms with Gasteiger partial charge in [-0.1, -0.05) is 26.0 Å². The van der Waals surface area contributed by atoms with Crippen LogP contribution < -0.4 is 0 Å². The van der Waals surface area contributed by atoms with Crippen molar-refractivity contribution in [3.63, 3.8) is 0 Å². The van der Waals surface area contributed by atoms with Gasteiger partial charge in [0.2, 0.25) is 0 Å². The molecule has 1 aromatic heterocycles. The number of hydrogen-bond donors (Lipinski definition) is 1. The molecule has 0 fully saturated rings. The molecule has 2 aliphatic rings. The molecule has 0 spiro atoms. The fourth-order valence-corrected chi connectivity index (χ4v) is 5.39. The average Bonchev–Trinajstić information content (AvgIpc) is 2.86. The Labute approximate surface area is 132 Å². The van der Waals surface area contributed by atoms with Gasteiger partial charge >= 0.3 is 0 Å². The van der Waals surface area contributed by atoms with E-state index in [4.69, 9.17) is 4.42 Å². The first-order valence-electron chi connectivity index (χ1n) is 7.75. The zero-order chi connectivity index (χ0) is 15.6. The number of aliphatic hydroxyl groups excluding tert-OH is 1. The number of benzene rings is 1. The van der Waals surface area contributed by atoms with E-state index in [-0.39, 0.29) is 5.41 Å². The Bertz CT molecular complexity index is 801. The SMILES string of the molecule is Cc1coc2c1S(=O)C(O)c1c-2ccc2c1CCCC2(C)C. The molecular weight excluding hydrogens is 296 g/mol. The van der Waals surface area contributed by atoms with Crippen molar-refractivity contribution < 1.29 is 13.7 Å². The van der Waals surface area contributed by atoms with Gasteiger partial charge < -0.3 is 9.52 Å². The van der Waals surface area contributed by atoms with Crippen molar-refractivity contribution >= 4 is 10.8 Å². The van der Waals surface area contributed by atoms with E-state index in [2.05, 4.69) is 19.9 Å². The van der Waals surface area contributed by atoms with Gasteiger partial charge in [0.15, 0.2) is 11.2 Å². The smallest absolute Gasteiger partial charge is 0.160 e. The Kier molecular flexibility index (Phi) is 2.94. The van der Waals surface area contributed by atoms with Crippen molar-refractivity contribution in [1.82, 2.24) is 0 Å². The summed E-state index contributed by atoms with van der Waals surface area (Å²) in [5, 5.41) is 10.7. The number of hydrogen-bond acceptors (Lipinski definition) is 3. The lowest BCUT2D eigenvalue weighted by Crippen LogP contribution is -2.27. The maximum atomic E-state index is 12.7. The van der Waals surface area contributed by atoms with E-state index in [9.17, 15) is 9.32 Å². The number of fused-ring (bicyclic) bond motifs is 5. The molecule has 4 heteroatoms. The molecule has 0 saturated carbocycles. The number of aliphatic hydroxyl groups is 1. The van der Waals surface area contributed by atoms with Crippen LogP contribution in [-0.2, 0) is 22.6 Å². The largest absolute Gasteiger partial charge is 0.463 e. The molecule has 0 saturated heterocycles. The van der Waals surface area contributed by atoms with Gasteiger partial charge in [0, 0.05) is 16.7 Å². The minimum absolute atomic E-state index is 0.100. The monoisotopic (exact) mass is 316 g/mol. The Morgan fingerprint density at radius 3 is 2.91 bits per heavy atom. The zero-order valence-corrected chi connectivity index (χ0v) is 13.9. The molecule has 1 aliphatic carbocycles. The summed E-state index contributed by atoms with van der Waals surface area (Å²) >= 11 is 0. The van der Waals surface area contributed by atoms with Crippen LogP contribution in [0.15, 0.2) is 27.7 Å². The summed E-state index contributed by atoms with van der Waals surface area (Å²) in [5.41, 5.74) is 4.17. The van der Waals surface area contributed by atoms with Crippen LogP contribution in [0.4, 0.5) is 0 Å². The second kappa shape index (κ2) is 4.56. The predicted molar refractivity (Wildman–Crippen MR) is 86.2 cm³/mol. The van der Waals surface area contributed by atoms with Crippen LogP contribution in [0.1, 0.15) is 54.4 Å². The number of rotatable bonds is 0. The molecule has 0 bridgehead atoms. The number of aryl methyl sites for hydroxylation is 1. The summed E-state index contributed by atoms with van der Waals surface area (Å²) < 4.78 is 18.4. The Morgan fingerprint density at radius 1 is 1.36 bits per heavy atom. The van der Waals surface area contributed by atoms with Gasteiger partial charge in [0.25, 0.3) is 0 Å². The molecule has 0 radical (unpaired) electrons. The third-order valence-electron chi connectivity index (χ3n) is 5.13. The molecule has 22 heavy (non-hydrogen) atoms. The second-order valence-corrected chi connectivity index (χ2v) is 8.47. The predicted octanol–water partition coefficient (Wildman–Crippen LogP) is 3.98. The molecule has 116 valence electrons. The third-order valence-corrected chi connectivity index (χ3v) is 6.68. The molecule has 1 N–H and O–H groups in total. The Balaban J connectivity index is 2.05. The summed E-state index contributed by atoms with van der Waals surface area (Å²) in [7, 11) is -1.46. The highest BCUT2D eigenvalue weighted by Gasteiger charge is 2.38. The standard InChI is InChI=1S/C18H20O3S/c1-10-9-21-15-12-6-7-13-11(5-4-8-18(13,2)3)14(12)17(19)22(20)16(10)15/h6-7,9,17,19H,4-5,8H2,1-3H3. The van der Waals surface area contributed by atoms with E-state index in [1.54, 1.807) is 6.26 Å². The van der Waals surface area contributed by atoms with Gasteiger partial charge in [0.05, 0.1) is 22.0 Å². The van der Waals surface area contributed by atoms with Gasteiger partial charge in [-0.05, 0) is 42.7 Å². The normalized spacial score (nSPS) is 25.3. The van der Waals surface area contributed by atoms with E-state index in [1.165, 1.54) is 11.1 Å². The first-order chi connectivity index (χ1) is 10.4. The quantitative estimate of drug-likeness (QED) is 0.800. The van der Waals surface area contributed by atoms with Crippen LogP contribution >= 0.6 is 0 Å². The highest BCUT2D eigenvalue weighted by molar-refractivity contribution is 7.85. The molecule has 2 heterocycles. The van der Waals surface area contributed by atoms with Crippen molar-refractivity contribution in [3.8, 4) is 11.3 Å². The van der Waals surface area contributed by atoms with Crippen molar-refractivity contribution in [2.45, 2.75) is 55.8 Å². The number of furan rings is 1. The Hall–Kier alpha value is -1.39. The van der Waals surface area contributed by atoms with Crippen molar-refractivity contribution in [1.29, 1.82) is 0 Å². The zero-order valence-electron chi connectivity index (χ0n) is 13.1. The average molecular weight is 316 g/mol. The molecular formula is C18H20O3S. The highest BCUT2D eigenvalue weighted by atomic mass is 32.2. The van der Waals surface area contributed by atoms with E-state index < -0.39 is 16.2 Å². The van der Waals surface area contributed by atoms with Crippen molar-refractivity contribution in [3.05, 3.63) is 40.6 Å². The molecule has 1 aromatic carbocycles. The van der Waals surface area contributed by atoms with Crippen molar-refractivity contribution in [2.75, 3.05) is 0 Å². The van der Waals surface area contributed by atoms with Gasteiger partial charge in [-0.25, -0.2) is 0 Å². The molecule has 1 aliphatic heterocycles. The first kappa shape index (κ1) is 14.2. The van der Waals surface area contributed by atoms with E-state index in [1.807, 2.05) is 13.0 Å². The third kappa shape index (κ3) is 1.74. The maximum Gasteiger partial charge on any atom is 0.160 e. The van der Waals surface area contributed by atoms with E-state index in [0.717, 1.165) is 36.0 Å². The lowest BCUT2D eigenvalue weighted by molar-refractivity contribution is 0.259. The lowest BCUT2D eigenvalue weighted by Gasteiger charge is -2.36. The molecule has 4 rings (SSSR count). The topological polar surface area (TPSA) is 50.4 Å². The fourth-order valence-electron chi connectivity index (χ4n) is 3.98. The summed E-state index contributed by atoms with van der Waals surface area (Å²) in [6, 6.07) is 4.19. The van der Waals surface area contributed by atoms with Crippen LogP contribution in [0.3, 0.4) is 0 Å². The summed E-state index contributed by atoms with van der Waals surface area (Å²) in [6.45, 7) is 6.36. The molecule has 2 unspecified atom stereocenters. The fraction of sp³-hybridized carbons (Fsp3) is 0.444. The molecule has 2 aromatic rings. The van der Waals surface area contributed by atoms with E-state index in [0.29, 0.717) is 10.7 Å². The van der Waals surface area contributed by atoms with Crippen LogP contribution in [0.5, 0.6) is 0 Å². The highest BCUT2D eigenvalue weighted by Crippen LogP contribution is 2.49. The van der Waals surface area contributed by atoms with Gasteiger partial charge in [-0.15, -0.1) is 0 Å². The van der Waals surface area contributed by atoms with Gasteiger partial charge in [0.1, 0.15) is 0 Å².